The monoisotopic (exact) mass is 444 g/mol. The molecule has 7 atom stereocenters. The smallest absolute Gasteiger partial charge is 0.229 e. The number of aliphatic hydroxyl groups is 2. The molecule has 180 valence electrons. The quantitative estimate of drug-likeness (QED) is 0.191. The van der Waals surface area contributed by atoms with Gasteiger partial charge in [-0.2, -0.15) is 0 Å². The topological polar surface area (TPSA) is 69.9 Å². The van der Waals surface area contributed by atoms with Gasteiger partial charge < -0.3 is 10.2 Å². The average Bonchev–Trinajstić information content (AvgIpc) is 3.11. The van der Waals surface area contributed by atoms with Gasteiger partial charge in [0.2, 0.25) is 5.79 Å². The van der Waals surface area contributed by atoms with Gasteiger partial charge in [-0.15, -0.1) is 0 Å². The molecule has 4 heteroatoms. The van der Waals surface area contributed by atoms with Crippen molar-refractivity contribution in [1.82, 2.24) is 0 Å². The maximum Gasteiger partial charge on any atom is 0.229 e. The molecule has 3 rings (SSSR count). The predicted octanol–water partition coefficient (Wildman–Crippen LogP) is 6.43. The minimum atomic E-state index is -1.96. The molecule has 0 aromatic carbocycles. The summed E-state index contributed by atoms with van der Waals surface area (Å²) in [5.74, 6) is 1.20. The molecule has 32 heavy (non-hydrogen) atoms. The Morgan fingerprint density at radius 2 is 1.84 bits per heavy atom. The van der Waals surface area contributed by atoms with E-state index in [0.717, 1.165) is 17.6 Å². The zero-order chi connectivity index (χ0) is 23.7. The summed E-state index contributed by atoms with van der Waals surface area (Å²) in [6, 6.07) is 0. The minimum absolute atomic E-state index is 0.0354. The summed E-state index contributed by atoms with van der Waals surface area (Å²) in [7, 11) is 0. The van der Waals surface area contributed by atoms with Gasteiger partial charge in [-0.1, -0.05) is 71.1 Å². The summed E-state index contributed by atoms with van der Waals surface area (Å²) in [4.78, 5) is 4.24. The Bertz CT molecular complexity index is 778. The van der Waals surface area contributed by atoms with E-state index in [2.05, 4.69) is 64.3 Å². The third-order valence-electron chi connectivity index (χ3n) is 8.96. The van der Waals surface area contributed by atoms with Gasteiger partial charge in [-0.3, -0.25) is 0 Å². The van der Waals surface area contributed by atoms with Gasteiger partial charge in [0, 0.05) is 12.8 Å². The van der Waals surface area contributed by atoms with Crippen LogP contribution in [0.1, 0.15) is 79.6 Å². The van der Waals surface area contributed by atoms with Gasteiger partial charge >= 0.3 is 0 Å². The zero-order valence-corrected chi connectivity index (χ0v) is 20.7. The SMILES string of the molecule is C=C1CC(O)[C@](O)(OO)CC1=CC=C1CCC[C@@]2(C)C1CC[C@@H]2[C@H](C)/C=C/[C@H](C)C(C)C. The average molecular weight is 445 g/mol. The molecule has 0 saturated heterocycles. The van der Waals surface area contributed by atoms with Crippen LogP contribution in [0.2, 0.25) is 0 Å². The normalized spacial score (nSPS) is 40.4. The fourth-order valence-electron chi connectivity index (χ4n) is 6.37. The lowest BCUT2D eigenvalue weighted by atomic mass is 9.61. The van der Waals surface area contributed by atoms with Crippen molar-refractivity contribution in [3.05, 3.63) is 47.6 Å². The standard InChI is InChI=1S/C28H44O4/c1-18(2)19(3)9-10-20(4)24-13-14-25-22(8-7-15-27(24,25)6)11-12-23-17-28(30,32-31)26(29)16-21(23)5/h9-12,18-20,24-26,29-31H,5,7-8,13-17H2,1-4,6H3/b10-9+,22-11?,23-12?/t19-,20+,24+,25?,26?,27+,28+/m0/s1. The minimum Gasteiger partial charge on any atom is -0.387 e. The molecule has 0 bridgehead atoms. The largest absolute Gasteiger partial charge is 0.387 e. The van der Waals surface area contributed by atoms with E-state index in [0.29, 0.717) is 35.0 Å². The third-order valence-corrected chi connectivity index (χ3v) is 8.96. The summed E-state index contributed by atoms with van der Waals surface area (Å²) in [5, 5.41) is 29.5. The second kappa shape index (κ2) is 9.97. The molecule has 0 spiro atoms. The van der Waals surface area contributed by atoms with Crippen molar-refractivity contribution in [3.8, 4) is 0 Å². The highest BCUT2D eigenvalue weighted by atomic mass is 17.1. The summed E-state index contributed by atoms with van der Waals surface area (Å²) >= 11 is 0. The molecule has 4 nitrogen and oxygen atoms in total. The summed E-state index contributed by atoms with van der Waals surface area (Å²) in [6.07, 6.45) is 14.3. The molecule has 0 aliphatic heterocycles. The molecule has 3 saturated carbocycles. The maximum atomic E-state index is 10.4. The van der Waals surface area contributed by atoms with Crippen LogP contribution in [0.15, 0.2) is 47.6 Å². The first-order valence-electron chi connectivity index (χ1n) is 12.5. The summed E-state index contributed by atoms with van der Waals surface area (Å²) < 4.78 is 0. The predicted molar refractivity (Wildman–Crippen MR) is 130 cm³/mol. The van der Waals surface area contributed by atoms with Crippen LogP contribution in [-0.2, 0) is 4.89 Å². The summed E-state index contributed by atoms with van der Waals surface area (Å²) in [5.41, 5.74) is 3.44. The lowest BCUT2D eigenvalue weighted by Gasteiger charge is -2.44. The number of hydrogen-bond acceptors (Lipinski definition) is 4. The molecule has 3 fully saturated rings. The molecule has 0 radical (unpaired) electrons. The van der Waals surface area contributed by atoms with Crippen molar-refractivity contribution in [2.24, 2.45) is 35.0 Å². The van der Waals surface area contributed by atoms with E-state index in [-0.39, 0.29) is 12.8 Å². The van der Waals surface area contributed by atoms with E-state index < -0.39 is 11.9 Å². The van der Waals surface area contributed by atoms with Crippen molar-refractivity contribution in [3.63, 3.8) is 0 Å². The van der Waals surface area contributed by atoms with Crippen LogP contribution in [0, 0.1) is 35.0 Å². The lowest BCUT2D eigenvalue weighted by Crippen LogP contribution is -2.47. The van der Waals surface area contributed by atoms with Crippen LogP contribution in [0.3, 0.4) is 0 Å². The van der Waals surface area contributed by atoms with Crippen molar-refractivity contribution in [1.29, 1.82) is 0 Å². The number of aliphatic hydroxyl groups excluding tert-OH is 1. The molecule has 2 unspecified atom stereocenters. The van der Waals surface area contributed by atoms with Gasteiger partial charge in [0.1, 0.15) is 6.10 Å². The molecule has 0 aromatic heterocycles. The van der Waals surface area contributed by atoms with Crippen molar-refractivity contribution in [2.45, 2.75) is 91.5 Å². The van der Waals surface area contributed by atoms with Gasteiger partial charge in [-0.05, 0) is 78.3 Å². The van der Waals surface area contributed by atoms with E-state index in [1.165, 1.54) is 31.3 Å². The molecule has 0 heterocycles. The summed E-state index contributed by atoms with van der Waals surface area (Å²) in [6.45, 7) is 15.8. The Balaban J connectivity index is 1.78. The van der Waals surface area contributed by atoms with Crippen LogP contribution < -0.4 is 0 Å². The van der Waals surface area contributed by atoms with Gasteiger partial charge in [0.15, 0.2) is 0 Å². The van der Waals surface area contributed by atoms with Crippen molar-refractivity contribution >= 4 is 0 Å². The zero-order valence-electron chi connectivity index (χ0n) is 20.7. The first-order valence-corrected chi connectivity index (χ1v) is 12.5. The van der Waals surface area contributed by atoms with Crippen molar-refractivity contribution < 1.29 is 20.4 Å². The molecular weight excluding hydrogens is 400 g/mol. The maximum absolute atomic E-state index is 10.4. The lowest BCUT2D eigenvalue weighted by molar-refractivity contribution is -0.415. The Morgan fingerprint density at radius 3 is 2.50 bits per heavy atom. The molecule has 3 N–H and O–H groups in total. The van der Waals surface area contributed by atoms with Crippen LogP contribution in [0.5, 0.6) is 0 Å². The molecule has 0 aromatic rings. The second-order valence-electron chi connectivity index (χ2n) is 11.3. The number of allylic oxidation sites excluding steroid dienone is 5. The molecule has 3 aliphatic carbocycles. The first kappa shape index (κ1) is 25.4. The highest BCUT2D eigenvalue weighted by Gasteiger charge is 2.50. The molecule has 0 amide bonds. The van der Waals surface area contributed by atoms with Crippen molar-refractivity contribution in [2.75, 3.05) is 0 Å². The highest BCUT2D eigenvalue weighted by Crippen LogP contribution is 2.59. The number of hydrogen-bond donors (Lipinski definition) is 3. The van der Waals surface area contributed by atoms with E-state index in [1.54, 1.807) is 0 Å². The van der Waals surface area contributed by atoms with Gasteiger partial charge in [0.25, 0.3) is 0 Å². The second-order valence-corrected chi connectivity index (χ2v) is 11.3. The van der Waals surface area contributed by atoms with Crippen LogP contribution in [0.25, 0.3) is 0 Å². The van der Waals surface area contributed by atoms with Crippen LogP contribution in [-0.4, -0.2) is 27.4 Å². The van der Waals surface area contributed by atoms with Crippen LogP contribution >= 0.6 is 0 Å². The van der Waals surface area contributed by atoms with Gasteiger partial charge in [-0.25, -0.2) is 10.1 Å². The Kier molecular flexibility index (Phi) is 7.92. The Morgan fingerprint density at radius 1 is 1.12 bits per heavy atom. The molecule has 3 aliphatic rings. The van der Waals surface area contributed by atoms with E-state index in [1.807, 2.05) is 6.08 Å². The Hall–Kier alpha value is -1.20. The Labute approximate surface area is 194 Å². The molecular formula is C28H44O4. The fraction of sp³-hybridized carbons (Fsp3) is 0.714. The van der Waals surface area contributed by atoms with E-state index in [4.69, 9.17) is 5.26 Å². The third kappa shape index (κ3) is 4.99. The number of rotatable bonds is 6. The fourth-order valence-corrected chi connectivity index (χ4v) is 6.37. The number of fused-ring (bicyclic) bond motifs is 1. The van der Waals surface area contributed by atoms with Crippen LogP contribution in [0.4, 0.5) is 0 Å². The first-order chi connectivity index (χ1) is 15.0. The van der Waals surface area contributed by atoms with E-state index in [9.17, 15) is 10.2 Å². The highest BCUT2D eigenvalue weighted by molar-refractivity contribution is 5.38. The van der Waals surface area contributed by atoms with E-state index >= 15 is 0 Å². The van der Waals surface area contributed by atoms with Gasteiger partial charge in [0.05, 0.1) is 0 Å².